The standard InChI is InChI=1S/C16H21N/c1-7-9-14-13(8-2)16(12(5)6)15(17-14)10-11(3)4/h7-10,17H,1,3H2,2,4-6H3/b13-8+,14-9+,15-10+. The van der Waals surface area contributed by atoms with E-state index < -0.39 is 0 Å². The molecule has 0 radical (unpaired) electrons. The van der Waals surface area contributed by atoms with Crippen molar-refractivity contribution in [1.82, 2.24) is 4.98 Å². The number of rotatable bonds is 2. The second-order valence-corrected chi connectivity index (χ2v) is 4.42. The van der Waals surface area contributed by atoms with Crippen molar-refractivity contribution in [2.24, 2.45) is 0 Å². The molecule has 0 saturated carbocycles. The van der Waals surface area contributed by atoms with Crippen LogP contribution in [0.2, 0.25) is 0 Å². The lowest BCUT2D eigenvalue weighted by Gasteiger charge is -1.88. The summed E-state index contributed by atoms with van der Waals surface area (Å²) in [6.45, 7) is 16.0. The van der Waals surface area contributed by atoms with Gasteiger partial charge in [-0.3, -0.25) is 0 Å². The van der Waals surface area contributed by atoms with Crippen LogP contribution in [0.1, 0.15) is 27.7 Å². The second-order valence-electron chi connectivity index (χ2n) is 4.42. The average molecular weight is 227 g/mol. The molecule has 0 aliphatic heterocycles. The number of nitrogens with one attached hydrogen (secondary N) is 1. The zero-order chi connectivity index (χ0) is 13.0. The largest absolute Gasteiger partial charge is 0.355 e. The fourth-order valence-corrected chi connectivity index (χ4v) is 2.00. The molecule has 1 nitrogen and oxygen atoms in total. The molecule has 0 aliphatic carbocycles. The van der Waals surface area contributed by atoms with E-state index in [2.05, 4.69) is 51.1 Å². The molecule has 1 aromatic heterocycles. The van der Waals surface area contributed by atoms with Crippen LogP contribution in [0.4, 0.5) is 0 Å². The zero-order valence-corrected chi connectivity index (χ0v) is 11.2. The first-order chi connectivity index (χ1) is 8.01. The molecule has 1 N–H and O–H groups in total. The Labute approximate surface area is 103 Å². The van der Waals surface area contributed by atoms with Crippen molar-refractivity contribution in [3.05, 3.63) is 45.9 Å². The van der Waals surface area contributed by atoms with Gasteiger partial charge in [0, 0.05) is 21.1 Å². The van der Waals surface area contributed by atoms with Gasteiger partial charge in [0.1, 0.15) is 0 Å². The molecule has 1 rings (SSSR count). The van der Waals surface area contributed by atoms with Crippen LogP contribution < -0.4 is 21.1 Å². The minimum absolute atomic E-state index is 1.04. The summed E-state index contributed by atoms with van der Waals surface area (Å²) < 4.78 is 0. The molecular formula is C16H21N. The van der Waals surface area contributed by atoms with Gasteiger partial charge in [-0.1, -0.05) is 36.5 Å². The Morgan fingerprint density at radius 1 is 1.18 bits per heavy atom. The number of aromatic nitrogens is 1. The molecule has 0 unspecified atom stereocenters. The van der Waals surface area contributed by atoms with Gasteiger partial charge in [-0.05, 0) is 39.8 Å². The molecule has 0 bridgehead atoms. The van der Waals surface area contributed by atoms with E-state index in [4.69, 9.17) is 0 Å². The van der Waals surface area contributed by atoms with E-state index in [0.717, 1.165) is 16.3 Å². The van der Waals surface area contributed by atoms with E-state index in [9.17, 15) is 0 Å². The highest BCUT2D eigenvalue weighted by Crippen LogP contribution is 1.85. The van der Waals surface area contributed by atoms with Gasteiger partial charge in [0.2, 0.25) is 0 Å². The van der Waals surface area contributed by atoms with E-state index in [1.807, 2.05) is 13.0 Å². The summed E-state index contributed by atoms with van der Waals surface area (Å²) in [5.41, 5.74) is 2.34. The maximum absolute atomic E-state index is 3.94. The summed E-state index contributed by atoms with van der Waals surface area (Å²) in [6.07, 6.45) is 8.01. The van der Waals surface area contributed by atoms with Crippen LogP contribution >= 0.6 is 0 Å². The van der Waals surface area contributed by atoms with Gasteiger partial charge in [0.15, 0.2) is 0 Å². The maximum atomic E-state index is 3.94. The third-order valence-corrected chi connectivity index (χ3v) is 2.56. The van der Waals surface area contributed by atoms with Crippen LogP contribution in [0.15, 0.2) is 24.8 Å². The minimum atomic E-state index is 1.04. The van der Waals surface area contributed by atoms with Gasteiger partial charge in [-0.15, -0.1) is 0 Å². The predicted octanol–water partition coefficient (Wildman–Crippen LogP) is 1.33. The number of aromatic amines is 1. The SMILES string of the molecule is C=C/C=c1/[nH]/c(=C/C(=C)C)c(=C(C)C)/c1=C/C. The van der Waals surface area contributed by atoms with Crippen molar-refractivity contribution >= 4 is 23.8 Å². The molecule has 0 saturated heterocycles. The van der Waals surface area contributed by atoms with Crippen LogP contribution in [0.25, 0.3) is 23.8 Å². The molecule has 1 heterocycles. The van der Waals surface area contributed by atoms with Crippen LogP contribution in [0.5, 0.6) is 0 Å². The number of hydrogen-bond acceptors (Lipinski definition) is 0. The van der Waals surface area contributed by atoms with E-state index in [-0.39, 0.29) is 0 Å². The van der Waals surface area contributed by atoms with Crippen molar-refractivity contribution in [2.75, 3.05) is 0 Å². The smallest absolute Gasteiger partial charge is 0.0466 e. The highest BCUT2D eigenvalue weighted by atomic mass is 14.7. The van der Waals surface area contributed by atoms with E-state index in [1.165, 1.54) is 16.0 Å². The first kappa shape index (κ1) is 13.3. The average Bonchev–Trinajstić information content (AvgIpc) is 2.55. The fraction of sp³-hybridized carbons (Fsp3) is 0.250. The van der Waals surface area contributed by atoms with Crippen molar-refractivity contribution in [1.29, 1.82) is 0 Å². The van der Waals surface area contributed by atoms with Gasteiger partial charge in [-0.25, -0.2) is 0 Å². The van der Waals surface area contributed by atoms with Crippen LogP contribution in [-0.4, -0.2) is 4.98 Å². The Morgan fingerprint density at radius 3 is 2.24 bits per heavy atom. The van der Waals surface area contributed by atoms with Crippen molar-refractivity contribution in [2.45, 2.75) is 27.7 Å². The van der Waals surface area contributed by atoms with Crippen molar-refractivity contribution in [3.63, 3.8) is 0 Å². The van der Waals surface area contributed by atoms with Crippen LogP contribution in [0, 0.1) is 0 Å². The van der Waals surface area contributed by atoms with E-state index in [1.54, 1.807) is 6.08 Å². The van der Waals surface area contributed by atoms with Crippen LogP contribution in [-0.2, 0) is 0 Å². The van der Waals surface area contributed by atoms with E-state index >= 15 is 0 Å². The molecule has 0 fully saturated rings. The van der Waals surface area contributed by atoms with Crippen LogP contribution in [0.3, 0.4) is 0 Å². The van der Waals surface area contributed by atoms with Gasteiger partial charge < -0.3 is 4.98 Å². The lowest BCUT2D eigenvalue weighted by atomic mass is 10.2. The summed E-state index contributed by atoms with van der Waals surface area (Å²) >= 11 is 0. The van der Waals surface area contributed by atoms with Gasteiger partial charge in [0.25, 0.3) is 0 Å². The molecular weight excluding hydrogens is 206 g/mol. The summed E-state index contributed by atoms with van der Waals surface area (Å²) in [7, 11) is 0. The lowest BCUT2D eigenvalue weighted by Crippen LogP contribution is -2.38. The Morgan fingerprint density at radius 2 is 1.82 bits per heavy atom. The minimum Gasteiger partial charge on any atom is -0.355 e. The third-order valence-electron chi connectivity index (χ3n) is 2.56. The number of allylic oxidation sites excluding steroid dienone is 2. The Kier molecular flexibility index (Phi) is 4.33. The first-order valence-corrected chi connectivity index (χ1v) is 5.83. The highest BCUT2D eigenvalue weighted by Gasteiger charge is 1.96. The van der Waals surface area contributed by atoms with E-state index in [0.29, 0.717) is 0 Å². The summed E-state index contributed by atoms with van der Waals surface area (Å²) in [6, 6.07) is 0. The Balaban J connectivity index is 4.06. The maximum Gasteiger partial charge on any atom is 0.0466 e. The fourth-order valence-electron chi connectivity index (χ4n) is 2.00. The molecule has 0 aliphatic rings. The van der Waals surface area contributed by atoms with Gasteiger partial charge in [-0.2, -0.15) is 0 Å². The summed E-state index contributed by atoms with van der Waals surface area (Å²) in [5.74, 6) is 0. The highest BCUT2D eigenvalue weighted by molar-refractivity contribution is 5.49. The number of hydrogen-bond donors (Lipinski definition) is 1. The molecule has 0 amide bonds. The predicted molar refractivity (Wildman–Crippen MR) is 78.1 cm³/mol. The van der Waals surface area contributed by atoms with Crippen molar-refractivity contribution in [3.8, 4) is 0 Å². The number of H-pyrrole nitrogens is 1. The Hall–Kier alpha value is -1.76. The molecule has 0 atom stereocenters. The topological polar surface area (TPSA) is 15.8 Å². The zero-order valence-electron chi connectivity index (χ0n) is 11.2. The lowest BCUT2D eigenvalue weighted by molar-refractivity contribution is 1.25. The molecule has 90 valence electrons. The second kappa shape index (κ2) is 5.53. The van der Waals surface area contributed by atoms with Gasteiger partial charge in [0.05, 0.1) is 0 Å². The Bertz CT molecular complexity index is 662. The van der Waals surface area contributed by atoms with Gasteiger partial charge >= 0.3 is 0 Å². The van der Waals surface area contributed by atoms with Crippen molar-refractivity contribution < 1.29 is 0 Å². The molecule has 1 heteroatoms. The molecule has 1 aromatic rings. The first-order valence-electron chi connectivity index (χ1n) is 5.83. The molecule has 17 heavy (non-hydrogen) atoms. The normalized spacial score (nSPS) is 14.2. The molecule has 0 spiro atoms. The molecule has 0 aromatic carbocycles. The monoisotopic (exact) mass is 227 g/mol. The summed E-state index contributed by atoms with van der Waals surface area (Å²) in [4.78, 5) is 3.42. The summed E-state index contributed by atoms with van der Waals surface area (Å²) in [5, 5.41) is 4.73. The third kappa shape index (κ3) is 2.88. The quantitative estimate of drug-likeness (QED) is 0.784.